The van der Waals surface area contributed by atoms with Gasteiger partial charge < -0.3 is 5.32 Å². The number of pyridine rings is 1. The van der Waals surface area contributed by atoms with E-state index in [4.69, 9.17) is 0 Å². The lowest BCUT2D eigenvalue weighted by atomic mass is 10.1. The molecule has 3 heterocycles. The first kappa shape index (κ1) is 26.2. The molecule has 184 valence electrons. The maximum Gasteiger partial charge on any atom is 0.274 e. The summed E-state index contributed by atoms with van der Waals surface area (Å²) in [7, 11) is 0. The molecule has 0 saturated heterocycles. The summed E-state index contributed by atoms with van der Waals surface area (Å²) in [5.41, 5.74) is 2.71. The summed E-state index contributed by atoms with van der Waals surface area (Å²) in [4.78, 5) is 26.1. The Kier molecular flexibility index (Phi) is 8.57. The van der Waals surface area contributed by atoms with E-state index in [-0.39, 0.29) is 11.3 Å². The van der Waals surface area contributed by atoms with Gasteiger partial charge in [-0.3, -0.25) is 9.20 Å². The average Bonchev–Trinajstić information content (AvgIpc) is 3.31. The molecule has 36 heavy (non-hydrogen) atoms. The predicted octanol–water partition coefficient (Wildman–Crippen LogP) is 6.96. The fourth-order valence-electron chi connectivity index (χ4n) is 3.41. The molecule has 4 rings (SSSR count). The minimum absolute atomic E-state index is 0.182. The summed E-state index contributed by atoms with van der Waals surface area (Å²) in [6.45, 7) is 11.0. The van der Waals surface area contributed by atoms with Crippen LogP contribution in [0.4, 0.5) is 14.5 Å². The Bertz CT molecular complexity index is 1450. The number of nitrogens with zero attached hydrogens (tertiary/aromatic N) is 4. The standard InChI is InChI=1S/C26H21F2N5O.C2H6/c1-4-5-7-20(17(3)27)25-30-15-22-21(8-6-13-33(22)25)24-29-14-16(2)23(32-24)26(34)31-19-11-9-18(28)10-12-19;1-2/h4-15H,3H2,1-2H3,(H,31,34);1-2H3/b5-4-,20-7+;. The summed E-state index contributed by atoms with van der Waals surface area (Å²) in [5.74, 6) is -0.762. The predicted molar refractivity (Wildman–Crippen MR) is 140 cm³/mol. The van der Waals surface area contributed by atoms with Crippen molar-refractivity contribution in [1.29, 1.82) is 0 Å². The molecule has 1 amide bonds. The van der Waals surface area contributed by atoms with Crippen LogP contribution in [-0.4, -0.2) is 25.3 Å². The molecule has 0 radical (unpaired) electrons. The minimum Gasteiger partial charge on any atom is -0.321 e. The van der Waals surface area contributed by atoms with Crippen LogP contribution in [-0.2, 0) is 0 Å². The topological polar surface area (TPSA) is 72.2 Å². The molecule has 0 bridgehead atoms. The average molecular weight is 488 g/mol. The second-order valence-electron chi connectivity index (χ2n) is 7.46. The SMILES string of the molecule is C=C(F)/C(=C\C=C/C)c1ncc2c(-c3ncc(C)c(C(=O)Nc4ccc(F)cc4)n3)cccn12.CC. The van der Waals surface area contributed by atoms with Crippen LogP contribution in [0.15, 0.2) is 85.6 Å². The van der Waals surface area contributed by atoms with E-state index < -0.39 is 17.6 Å². The van der Waals surface area contributed by atoms with Gasteiger partial charge in [-0.1, -0.05) is 32.6 Å². The first-order valence-electron chi connectivity index (χ1n) is 11.4. The Labute approximate surface area is 208 Å². The van der Waals surface area contributed by atoms with Crippen LogP contribution >= 0.6 is 0 Å². The van der Waals surface area contributed by atoms with E-state index in [0.717, 1.165) is 0 Å². The van der Waals surface area contributed by atoms with E-state index >= 15 is 0 Å². The number of halogens is 2. The molecule has 0 saturated carbocycles. The van der Waals surface area contributed by atoms with E-state index in [1.165, 1.54) is 24.3 Å². The van der Waals surface area contributed by atoms with Gasteiger partial charge in [-0.25, -0.2) is 23.7 Å². The summed E-state index contributed by atoms with van der Waals surface area (Å²) >= 11 is 0. The van der Waals surface area contributed by atoms with E-state index in [9.17, 15) is 13.6 Å². The second kappa shape index (κ2) is 11.8. The number of amides is 1. The highest BCUT2D eigenvalue weighted by Gasteiger charge is 2.18. The van der Waals surface area contributed by atoms with Gasteiger partial charge in [0, 0.05) is 23.6 Å². The van der Waals surface area contributed by atoms with Crippen LogP contribution in [0.2, 0.25) is 0 Å². The number of benzene rings is 1. The Balaban J connectivity index is 0.00000176. The largest absolute Gasteiger partial charge is 0.321 e. The Hall–Kier alpha value is -4.46. The molecule has 0 spiro atoms. The number of allylic oxidation sites excluding steroid dienone is 5. The van der Waals surface area contributed by atoms with E-state index in [1.807, 2.05) is 20.8 Å². The molecule has 4 aromatic rings. The zero-order valence-electron chi connectivity index (χ0n) is 20.6. The zero-order chi connectivity index (χ0) is 26.2. The van der Waals surface area contributed by atoms with Crippen LogP contribution in [0.3, 0.4) is 0 Å². The van der Waals surface area contributed by atoms with Crippen molar-refractivity contribution in [2.75, 3.05) is 5.32 Å². The maximum atomic E-state index is 14.2. The number of nitrogens with one attached hydrogen (secondary N) is 1. The van der Waals surface area contributed by atoms with Crippen molar-refractivity contribution in [1.82, 2.24) is 19.4 Å². The maximum absolute atomic E-state index is 14.2. The zero-order valence-corrected chi connectivity index (χ0v) is 20.6. The van der Waals surface area contributed by atoms with Crippen molar-refractivity contribution >= 4 is 22.7 Å². The number of hydrogen-bond donors (Lipinski definition) is 1. The minimum atomic E-state index is -0.609. The van der Waals surface area contributed by atoms with Crippen LogP contribution in [0.25, 0.3) is 22.5 Å². The molecule has 0 aliphatic rings. The number of aryl methyl sites for hydroxylation is 1. The Morgan fingerprint density at radius 1 is 1.11 bits per heavy atom. The Morgan fingerprint density at radius 2 is 1.83 bits per heavy atom. The van der Waals surface area contributed by atoms with E-state index in [0.29, 0.717) is 34.0 Å². The summed E-state index contributed by atoms with van der Waals surface area (Å²) in [6, 6.07) is 9.03. The number of carbonyl (C=O) groups is 1. The van der Waals surface area contributed by atoms with Crippen LogP contribution < -0.4 is 5.32 Å². The van der Waals surface area contributed by atoms with Gasteiger partial charge in [-0.2, -0.15) is 0 Å². The van der Waals surface area contributed by atoms with Gasteiger partial charge in [0.15, 0.2) is 5.82 Å². The lowest BCUT2D eigenvalue weighted by Gasteiger charge is -2.10. The summed E-state index contributed by atoms with van der Waals surface area (Å²) < 4.78 is 29.0. The first-order chi connectivity index (χ1) is 17.4. The second-order valence-corrected chi connectivity index (χ2v) is 7.46. The molecule has 0 unspecified atom stereocenters. The number of fused-ring (bicyclic) bond motifs is 1. The van der Waals surface area contributed by atoms with Gasteiger partial charge >= 0.3 is 0 Å². The lowest BCUT2D eigenvalue weighted by Crippen LogP contribution is -2.16. The molecule has 0 aliphatic carbocycles. The lowest BCUT2D eigenvalue weighted by molar-refractivity contribution is 0.102. The molecule has 6 nitrogen and oxygen atoms in total. The van der Waals surface area contributed by atoms with Gasteiger partial charge in [0.2, 0.25) is 0 Å². The molecule has 3 aromatic heterocycles. The monoisotopic (exact) mass is 487 g/mol. The van der Waals surface area contributed by atoms with E-state index in [1.54, 1.807) is 60.3 Å². The fourth-order valence-corrected chi connectivity index (χ4v) is 3.41. The van der Waals surface area contributed by atoms with Crippen molar-refractivity contribution in [2.45, 2.75) is 27.7 Å². The fraction of sp³-hybridized carbons (Fsp3) is 0.143. The summed E-state index contributed by atoms with van der Waals surface area (Å²) in [5, 5.41) is 2.71. The normalized spacial score (nSPS) is 11.3. The third kappa shape index (κ3) is 5.60. The molecule has 0 atom stereocenters. The molecular weight excluding hydrogens is 460 g/mol. The number of aromatic nitrogens is 4. The molecule has 1 N–H and O–H groups in total. The number of hydrogen-bond acceptors (Lipinski definition) is 4. The van der Waals surface area contributed by atoms with Gasteiger partial charge in [0.05, 0.1) is 17.3 Å². The first-order valence-corrected chi connectivity index (χ1v) is 11.4. The highest BCUT2D eigenvalue weighted by atomic mass is 19.1. The van der Waals surface area contributed by atoms with Crippen molar-refractivity contribution in [3.05, 3.63) is 109 Å². The molecule has 1 aromatic carbocycles. The van der Waals surface area contributed by atoms with Crippen molar-refractivity contribution in [3.8, 4) is 11.4 Å². The molecular formula is C28H27F2N5O. The van der Waals surface area contributed by atoms with Crippen molar-refractivity contribution < 1.29 is 13.6 Å². The number of anilines is 1. The number of rotatable bonds is 6. The van der Waals surface area contributed by atoms with Crippen LogP contribution in [0.5, 0.6) is 0 Å². The highest BCUT2D eigenvalue weighted by Crippen LogP contribution is 2.28. The third-order valence-corrected chi connectivity index (χ3v) is 5.09. The van der Waals surface area contributed by atoms with Crippen LogP contribution in [0, 0.1) is 12.7 Å². The van der Waals surface area contributed by atoms with Gasteiger partial charge in [0.1, 0.15) is 23.2 Å². The third-order valence-electron chi connectivity index (χ3n) is 5.09. The number of imidazole rings is 1. The van der Waals surface area contributed by atoms with Gasteiger partial charge in [-0.05, 0) is 61.9 Å². The quantitative estimate of drug-likeness (QED) is 0.298. The van der Waals surface area contributed by atoms with Gasteiger partial charge in [0.25, 0.3) is 5.91 Å². The number of carbonyl (C=O) groups excluding carboxylic acids is 1. The van der Waals surface area contributed by atoms with Crippen LogP contribution in [0.1, 0.15) is 42.6 Å². The van der Waals surface area contributed by atoms with Gasteiger partial charge in [-0.15, -0.1) is 0 Å². The highest BCUT2D eigenvalue weighted by molar-refractivity contribution is 6.04. The summed E-state index contributed by atoms with van der Waals surface area (Å²) in [6.07, 6.45) is 10.00. The molecule has 0 aliphatic heterocycles. The van der Waals surface area contributed by atoms with E-state index in [2.05, 4.69) is 26.8 Å². The molecule has 0 fully saturated rings. The van der Waals surface area contributed by atoms with Crippen molar-refractivity contribution in [2.24, 2.45) is 0 Å². The molecule has 8 heteroatoms. The Morgan fingerprint density at radius 3 is 2.50 bits per heavy atom. The van der Waals surface area contributed by atoms with Crippen molar-refractivity contribution in [3.63, 3.8) is 0 Å². The smallest absolute Gasteiger partial charge is 0.274 e.